The number of hydrogen-bond donors (Lipinski definition) is 2. The second-order valence-corrected chi connectivity index (χ2v) is 5.84. The zero-order valence-electron chi connectivity index (χ0n) is 9.94. The monoisotopic (exact) mass is 303 g/mol. The van der Waals surface area contributed by atoms with Crippen molar-refractivity contribution in [3.05, 3.63) is 41.1 Å². The van der Waals surface area contributed by atoms with Gasteiger partial charge in [-0.15, -0.1) is 0 Å². The van der Waals surface area contributed by atoms with Crippen molar-refractivity contribution in [2.75, 3.05) is 4.72 Å². The SMILES string of the molecule is CCc1ncc(S(=O)(=O)Nc2ccc(F)c(Cl)c2)[nH]1. The smallest absolute Gasteiger partial charge is 0.278 e. The molecule has 5 nitrogen and oxygen atoms in total. The Labute approximate surface area is 114 Å². The van der Waals surface area contributed by atoms with Crippen LogP contribution in [0.1, 0.15) is 12.7 Å². The van der Waals surface area contributed by atoms with E-state index < -0.39 is 15.8 Å². The number of nitrogens with one attached hydrogen (secondary N) is 2. The molecule has 0 atom stereocenters. The van der Waals surface area contributed by atoms with Crippen LogP contribution in [0.25, 0.3) is 0 Å². The first-order valence-corrected chi connectivity index (χ1v) is 7.30. The molecular weight excluding hydrogens is 293 g/mol. The Bertz CT molecular complexity index is 700. The Hall–Kier alpha value is -1.60. The molecule has 1 aromatic heterocycles. The van der Waals surface area contributed by atoms with Gasteiger partial charge in [-0.3, -0.25) is 4.72 Å². The summed E-state index contributed by atoms with van der Waals surface area (Å²) in [5.74, 6) is -0.0445. The van der Waals surface area contributed by atoms with E-state index in [1.165, 1.54) is 18.3 Å². The second kappa shape index (κ2) is 5.18. The number of halogens is 2. The quantitative estimate of drug-likeness (QED) is 0.911. The lowest BCUT2D eigenvalue weighted by Crippen LogP contribution is -2.13. The zero-order chi connectivity index (χ0) is 14.0. The van der Waals surface area contributed by atoms with Gasteiger partial charge in [0.25, 0.3) is 10.0 Å². The molecule has 0 saturated heterocycles. The average Bonchev–Trinajstić information content (AvgIpc) is 2.83. The number of anilines is 1. The third-order valence-electron chi connectivity index (χ3n) is 2.40. The van der Waals surface area contributed by atoms with Crippen molar-refractivity contribution in [3.63, 3.8) is 0 Å². The van der Waals surface area contributed by atoms with Crippen LogP contribution in [-0.4, -0.2) is 18.4 Å². The molecule has 2 rings (SSSR count). The van der Waals surface area contributed by atoms with E-state index in [0.717, 1.165) is 6.07 Å². The lowest BCUT2D eigenvalue weighted by atomic mass is 10.3. The van der Waals surface area contributed by atoms with Crippen molar-refractivity contribution in [2.45, 2.75) is 18.4 Å². The number of benzene rings is 1. The third kappa shape index (κ3) is 3.05. The van der Waals surface area contributed by atoms with Crippen LogP contribution in [0.5, 0.6) is 0 Å². The Morgan fingerprint density at radius 1 is 1.47 bits per heavy atom. The molecule has 0 saturated carbocycles. The van der Waals surface area contributed by atoms with Crippen LogP contribution in [0.3, 0.4) is 0 Å². The Morgan fingerprint density at radius 3 is 2.79 bits per heavy atom. The summed E-state index contributed by atoms with van der Waals surface area (Å²) in [5, 5.41) is -0.205. The largest absolute Gasteiger partial charge is 0.332 e. The summed E-state index contributed by atoms with van der Waals surface area (Å²) in [7, 11) is -3.78. The van der Waals surface area contributed by atoms with Crippen LogP contribution >= 0.6 is 11.6 Å². The van der Waals surface area contributed by atoms with Gasteiger partial charge in [-0.25, -0.2) is 9.37 Å². The summed E-state index contributed by atoms with van der Waals surface area (Å²) in [4.78, 5) is 6.59. The Morgan fingerprint density at radius 2 is 2.21 bits per heavy atom. The molecule has 1 aromatic carbocycles. The molecule has 19 heavy (non-hydrogen) atoms. The van der Waals surface area contributed by atoms with E-state index in [2.05, 4.69) is 14.7 Å². The van der Waals surface area contributed by atoms with E-state index in [0.29, 0.717) is 12.2 Å². The lowest BCUT2D eigenvalue weighted by Gasteiger charge is -2.06. The minimum Gasteiger partial charge on any atom is -0.332 e. The van der Waals surface area contributed by atoms with Gasteiger partial charge in [0.15, 0.2) is 5.03 Å². The molecule has 0 amide bonds. The van der Waals surface area contributed by atoms with E-state index in [1.54, 1.807) is 0 Å². The molecule has 0 spiro atoms. The molecule has 2 N–H and O–H groups in total. The molecule has 8 heteroatoms. The molecular formula is C11H11ClFN3O2S. The maximum atomic E-state index is 13.0. The number of sulfonamides is 1. The molecule has 0 aliphatic rings. The van der Waals surface area contributed by atoms with Crippen molar-refractivity contribution >= 4 is 27.3 Å². The van der Waals surface area contributed by atoms with Crippen molar-refractivity contribution < 1.29 is 12.8 Å². The van der Waals surface area contributed by atoms with Crippen molar-refractivity contribution in [1.82, 2.24) is 9.97 Å². The molecule has 102 valence electrons. The van der Waals surface area contributed by atoms with Gasteiger partial charge in [0.2, 0.25) is 0 Å². The van der Waals surface area contributed by atoms with Crippen LogP contribution < -0.4 is 4.72 Å². The Kier molecular flexibility index (Phi) is 3.77. The van der Waals surface area contributed by atoms with Crippen LogP contribution in [0, 0.1) is 5.82 Å². The summed E-state index contributed by atoms with van der Waals surface area (Å²) in [6, 6.07) is 3.58. The van der Waals surface area contributed by atoms with Gasteiger partial charge in [0.1, 0.15) is 11.6 Å². The molecule has 0 aliphatic heterocycles. The molecule has 0 fully saturated rings. The maximum Gasteiger partial charge on any atom is 0.278 e. The van der Waals surface area contributed by atoms with Crippen molar-refractivity contribution in [2.24, 2.45) is 0 Å². The van der Waals surface area contributed by atoms with Gasteiger partial charge in [0.05, 0.1) is 16.9 Å². The highest BCUT2D eigenvalue weighted by atomic mass is 35.5. The second-order valence-electron chi connectivity index (χ2n) is 3.78. The van der Waals surface area contributed by atoms with Gasteiger partial charge in [-0.05, 0) is 18.2 Å². The summed E-state index contributed by atoms with van der Waals surface area (Å²) < 4.78 is 39.3. The number of aromatic amines is 1. The summed E-state index contributed by atoms with van der Waals surface area (Å²) >= 11 is 5.59. The van der Waals surface area contributed by atoms with Gasteiger partial charge in [-0.1, -0.05) is 18.5 Å². The number of hydrogen-bond acceptors (Lipinski definition) is 3. The highest BCUT2D eigenvalue weighted by Crippen LogP contribution is 2.21. The minimum absolute atomic E-state index is 0.0511. The molecule has 0 radical (unpaired) electrons. The van der Waals surface area contributed by atoms with E-state index in [-0.39, 0.29) is 15.7 Å². The lowest BCUT2D eigenvalue weighted by molar-refractivity contribution is 0.597. The molecule has 0 unspecified atom stereocenters. The maximum absolute atomic E-state index is 13.0. The van der Waals surface area contributed by atoms with E-state index in [1.807, 2.05) is 6.92 Å². The fraction of sp³-hybridized carbons (Fsp3) is 0.182. The van der Waals surface area contributed by atoms with Gasteiger partial charge in [-0.2, -0.15) is 8.42 Å². The third-order valence-corrected chi connectivity index (χ3v) is 3.98. The first-order valence-electron chi connectivity index (χ1n) is 5.44. The first kappa shape index (κ1) is 13.8. The van der Waals surface area contributed by atoms with Gasteiger partial charge < -0.3 is 4.98 Å². The highest BCUT2D eigenvalue weighted by Gasteiger charge is 2.17. The molecule has 1 heterocycles. The van der Waals surface area contributed by atoms with Gasteiger partial charge >= 0.3 is 0 Å². The number of aryl methyl sites for hydroxylation is 1. The summed E-state index contributed by atoms with van der Waals surface area (Å²) in [6.45, 7) is 1.85. The number of aromatic nitrogens is 2. The number of imidazole rings is 1. The van der Waals surface area contributed by atoms with E-state index >= 15 is 0 Å². The minimum atomic E-state index is -3.78. The highest BCUT2D eigenvalue weighted by molar-refractivity contribution is 7.92. The average molecular weight is 304 g/mol. The van der Waals surface area contributed by atoms with Crippen LogP contribution in [0.2, 0.25) is 5.02 Å². The van der Waals surface area contributed by atoms with Crippen molar-refractivity contribution in [1.29, 1.82) is 0 Å². The first-order chi connectivity index (χ1) is 8.92. The van der Waals surface area contributed by atoms with Crippen LogP contribution in [0.4, 0.5) is 10.1 Å². The molecule has 0 bridgehead atoms. The van der Waals surface area contributed by atoms with Gasteiger partial charge in [0, 0.05) is 6.42 Å². The fourth-order valence-electron chi connectivity index (χ4n) is 1.43. The summed E-state index contributed by atoms with van der Waals surface area (Å²) in [6.07, 6.45) is 1.82. The molecule has 0 aliphatic carbocycles. The van der Waals surface area contributed by atoms with Crippen molar-refractivity contribution in [3.8, 4) is 0 Å². The zero-order valence-corrected chi connectivity index (χ0v) is 11.5. The number of nitrogens with zero attached hydrogens (tertiary/aromatic N) is 1. The fourth-order valence-corrected chi connectivity index (χ4v) is 2.60. The topological polar surface area (TPSA) is 74.8 Å². The normalized spacial score (nSPS) is 11.5. The number of H-pyrrole nitrogens is 1. The predicted octanol–water partition coefficient (Wildman–Crippen LogP) is 2.57. The Balaban J connectivity index is 2.28. The van der Waals surface area contributed by atoms with Crippen LogP contribution in [-0.2, 0) is 16.4 Å². The molecule has 2 aromatic rings. The van der Waals surface area contributed by atoms with E-state index in [4.69, 9.17) is 11.6 Å². The van der Waals surface area contributed by atoms with Crippen LogP contribution in [0.15, 0.2) is 29.4 Å². The standard InChI is InChI=1S/C11H11ClFN3O2S/c1-2-10-14-6-11(15-10)19(17,18)16-7-3-4-9(13)8(12)5-7/h3-6,16H,2H2,1H3,(H,14,15). The number of rotatable bonds is 4. The van der Waals surface area contributed by atoms with E-state index in [9.17, 15) is 12.8 Å². The summed E-state index contributed by atoms with van der Waals surface area (Å²) in [5.41, 5.74) is 0.180. The predicted molar refractivity (Wildman–Crippen MR) is 70.2 cm³/mol.